The number of nitrogens with two attached hydrogens (primary N) is 1. The molecule has 6 heterocycles. The minimum Gasteiger partial charge on any atom is -0.399 e. The SMILES string of the molecule is CC(=O)Nc1ccnc(Nc2cc(-c3cccc(N4CCc5cc(N(C)C)ccc5C4=O)c3CO)cn(C)c2=O)c1.CN(C)c1ccc2c(c1)CCN(c1cccc(-c3cc(Nc4cc(N)ccn4)c(=O)n(C)c3)c1CO)C2=O. The van der Waals surface area contributed by atoms with Crippen LogP contribution in [0.15, 0.2) is 144 Å². The highest BCUT2D eigenvalue weighted by atomic mass is 16.3. The number of carbonyl (C=O) groups is 3. The quantitative estimate of drug-likeness (QED) is 0.0659. The summed E-state index contributed by atoms with van der Waals surface area (Å²) in [5, 5.41) is 29.8. The molecule has 0 bridgehead atoms. The van der Waals surface area contributed by atoms with Gasteiger partial charge in [0.25, 0.3) is 22.9 Å². The number of benzene rings is 4. The van der Waals surface area contributed by atoms with Crippen LogP contribution in [0.3, 0.4) is 0 Å². The van der Waals surface area contributed by atoms with Crippen molar-refractivity contribution in [2.75, 3.05) is 82.6 Å². The average molecular weight is 1060 g/mol. The summed E-state index contributed by atoms with van der Waals surface area (Å²) >= 11 is 0. The van der Waals surface area contributed by atoms with Gasteiger partial charge in [-0.25, -0.2) is 9.97 Å². The molecule has 10 rings (SSSR count). The fourth-order valence-electron chi connectivity index (χ4n) is 9.96. The second-order valence-corrected chi connectivity index (χ2v) is 19.8. The number of nitrogens with zero attached hydrogens (tertiary/aromatic N) is 8. The highest BCUT2D eigenvalue weighted by Crippen LogP contribution is 2.38. The predicted octanol–water partition coefficient (Wildman–Crippen LogP) is 7.44. The molecule has 0 radical (unpaired) electrons. The third kappa shape index (κ3) is 11.4. The summed E-state index contributed by atoms with van der Waals surface area (Å²) in [7, 11) is 11.2. The number of pyridine rings is 4. The normalized spacial score (nSPS) is 12.7. The van der Waals surface area contributed by atoms with Gasteiger partial charge in [-0.2, -0.15) is 0 Å². The van der Waals surface area contributed by atoms with E-state index in [-0.39, 0.29) is 47.7 Å². The summed E-state index contributed by atoms with van der Waals surface area (Å²) in [4.78, 5) is 80.5. The zero-order valence-electron chi connectivity index (χ0n) is 45.0. The zero-order valence-corrected chi connectivity index (χ0v) is 45.0. The van der Waals surface area contributed by atoms with Crippen molar-refractivity contribution >= 4 is 74.9 Å². The van der Waals surface area contributed by atoms with E-state index in [9.17, 15) is 34.2 Å². The molecule has 19 nitrogen and oxygen atoms in total. The van der Waals surface area contributed by atoms with Crippen molar-refractivity contribution in [1.82, 2.24) is 19.1 Å². The maximum atomic E-state index is 13.6. The van der Waals surface area contributed by atoms with Crippen LogP contribution in [0.2, 0.25) is 0 Å². The van der Waals surface area contributed by atoms with E-state index in [0.717, 1.165) is 28.1 Å². The van der Waals surface area contributed by atoms with E-state index >= 15 is 0 Å². The molecule has 0 saturated carbocycles. The Morgan fingerprint density at radius 2 is 1.05 bits per heavy atom. The molecule has 0 atom stereocenters. The van der Waals surface area contributed by atoms with Gasteiger partial charge in [-0.3, -0.25) is 24.0 Å². The maximum Gasteiger partial charge on any atom is 0.274 e. The molecule has 2 aliphatic rings. The standard InChI is InChI=1S/C31H32N6O4.C29H30N6O3/c1-19(39)33-22-10-12-32-29(16-22)34-27-15-21(17-36(4)31(27)41)24-6-5-7-28(26(24)18-38)37-13-11-20-14-23(35(2)3)8-9-25(20)30(37)40;1-33(2)21-7-8-23-18(13-21)10-12-35(28(23)37)26-6-4-5-22(24(26)17-36)19-14-25(29(38)34(3)16-19)32-27-15-20(30)9-11-31-27/h5-10,12,14-17,38H,11,13,18H2,1-4H3,(H2,32,33,34,39);4-9,11,13-16,36H,10,12,17H2,1-3H3,(H3,30,31,32). The van der Waals surface area contributed by atoms with Gasteiger partial charge in [0.05, 0.1) is 24.6 Å². The van der Waals surface area contributed by atoms with Gasteiger partial charge in [0.1, 0.15) is 23.0 Å². The first-order valence-corrected chi connectivity index (χ1v) is 25.5. The summed E-state index contributed by atoms with van der Waals surface area (Å²) in [5.41, 5.74) is 17.7. The lowest BCUT2D eigenvalue weighted by molar-refractivity contribution is -0.114. The van der Waals surface area contributed by atoms with E-state index in [2.05, 4.69) is 32.0 Å². The lowest BCUT2D eigenvalue weighted by Gasteiger charge is -2.31. The van der Waals surface area contributed by atoms with E-state index in [0.29, 0.717) is 105 Å². The van der Waals surface area contributed by atoms with Gasteiger partial charge in [0.2, 0.25) is 5.91 Å². The van der Waals surface area contributed by atoms with E-state index in [1.54, 1.807) is 78.9 Å². The molecule has 0 spiro atoms. The number of aromatic nitrogens is 4. The number of aryl methyl sites for hydroxylation is 2. The summed E-state index contributed by atoms with van der Waals surface area (Å²) < 4.78 is 2.93. The van der Waals surface area contributed by atoms with Crippen LogP contribution in [0, 0.1) is 0 Å². The number of nitrogen functional groups attached to an aromatic ring is 1. The Morgan fingerprint density at radius 3 is 1.48 bits per heavy atom. The first kappa shape index (κ1) is 54.2. The third-order valence-corrected chi connectivity index (χ3v) is 13.9. The summed E-state index contributed by atoms with van der Waals surface area (Å²) in [5.74, 6) is 0.405. The van der Waals surface area contributed by atoms with Crippen LogP contribution in [0.4, 0.5) is 57.1 Å². The minimum absolute atomic E-state index is 0.0982. The lowest BCUT2D eigenvalue weighted by atomic mass is 9.94. The van der Waals surface area contributed by atoms with Crippen LogP contribution < -0.4 is 52.4 Å². The summed E-state index contributed by atoms with van der Waals surface area (Å²) in [6.07, 6.45) is 7.91. The maximum absolute atomic E-state index is 13.6. The largest absolute Gasteiger partial charge is 0.399 e. The van der Waals surface area contributed by atoms with Crippen LogP contribution in [0.1, 0.15) is 49.9 Å². The number of hydrogen-bond donors (Lipinski definition) is 6. The summed E-state index contributed by atoms with van der Waals surface area (Å²) in [6, 6.07) is 32.9. The molecule has 4 aromatic heterocycles. The number of carbonyl (C=O) groups excluding carboxylic acids is 3. The van der Waals surface area contributed by atoms with Crippen LogP contribution in [-0.4, -0.2) is 88.3 Å². The first-order chi connectivity index (χ1) is 37.9. The van der Waals surface area contributed by atoms with Gasteiger partial charge in [0.15, 0.2) is 0 Å². The van der Waals surface area contributed by atoms with Gasteiger partial charge in [0, 0.05) is 155 Å². The number of anilines is 10. The molecule has 404 valence electrons. The van der Waals surface area contributed by atoms with Gasteiger partial charge < -0.3 is 60.6 Å². The Labute approximate surface area is 456 Å². The molecule has 79 heavy (non-hydrogen) atoms. The van der Waals surface area contributed by atoms with E-state index in [1.807, 2.05) is 105 Å². The van der Waals surface area contributed by atoms with Gasteiger partial charge in [-0.15, -0.1) is 0 Å². The molecule has 0 fully saturated rings. The van der Waals surface area contributed by atoms with Crippen LogP contribution in [0.25, 0.3) is 22.3 Å². The second-order valence-electron chi connectivity index (χ2n) is 19.8. The fourth-order valence-corrected chi connectivity index (χ4v) is 9.96. The molecule has 2 aliphatic heterocycles. The van der Waals surface area contributed by atoms with Crippen molar-refractivity contribution in [3.63, 3.8) is 0 Å². The number of rotatable bonds is 13. The smallest absolute Gasteiger partial charge is 0.274 e. The number of aliphatic hydroxyl groups is 2. The highest BCUT2D eigenvalue weighted by molar-refractivity contribution is 6.10. The number of amides is 3. The fraction of sp³-hybridized carbons (Fsp3) is 0.217. The van der Waals surface area contributed by atoms with Crippen LogP contribution in [-0.2, 0) is 44.9 Å². The molecular weight excluding hydrogens is 1000 g/mol. The Hall–Kier alpha value is -9.59. The Bertz CT molecular complexity index is 3800. The number of nitrogens with one attached hydrogen (secondary N) is 3. The van der Waals surface area contributed by atoms with Crippen molar-refractivity contribution in [3.8, 4) is 22.3 Å². The van der Waals surface area contributed by atoms with E-state index < -0.39 is 0 Å². The molecule has 19 heteroatoms. The Morgan fingerprint density at radius 1 is 0.595 bits per heavy atom. The first-order valence-electron chi connectivity index (χ1n) is 25.5. The third-order valence-electron chi connectivity index (χ3n) is 13.9. The average Bonchev–Trinajstić information content (AvgIpc) is 3.51. The van der Waals surface area contributed by atoms with Crippen molar-refractivity contribution < 1.29 is 24.6 Å². The Kier molecular flexibility index (Phi) is 15.7. The van der Waals surface area contributed by atoms with Crippen molar-refractivity contribution in [2.24, 2.45) is 14.1 Å². The minimum atomic E-state index is -0.298. The molecular formula is C60H62N12O7. The van der Waals surface area contributed by atoms with Crippen LogP contribution in [0.5, 0.6) is 0 Å². The molecule has 7 N–H and O–H groups in total. The van der Waals surface area contributed by atoms with E-state index in [1.165, 1.54) is 22.3 Å². The van der Waals surface area contributed by atoms with Gasteiger partial charge in [-0.1, -0.05) is 24.3 Å². The van der Waals surface area contributed by atoms with E-state index in [4.69, 9.17) is 5.73 Å². The number of aliphatic hydroxyl groups excluding tert-OH is 2. The monoisotopic (exact) mass is 1060 g/mol. The lowest BCUT2D eigenvalue weighted by Crippen LogP contribution is -2.38. The number of fused-ring (bicyclic) bond motifs is 2. The van der Waals surface area contributed by atoms with Crippen molar-refractivity contribution in [3.05, 3.63) is 188 Å². The molecule has 0 unspecified atom stereocenters. The molecule has 8 aromatic rings. The van der Waals surface area contributed by atoms with Crippen LogP contribution >= 0.6 is 0 Å². The molecule has 0 saturated heterocycles. The molecule has 4 aromatic carbocycles. The van der Waals surface area contributed by atoms with Gasteiger partial charge >= 0.3 is 0 Å². The van der Waals surface area contributed by atoms with Crippen molar-refractivity contribution in [2.45, 2.75) is 33.0 Å². The predicted molar refractivity (Wildman–Crippen MR) is 312 cm³/mol. The summed E-state index contributed by atoms with van der Waals surface area (Å²) in [6.45, 7) is 1.82. The molecule has 0 aliphatic carbocycles. The van der Waals surface area contributed by atoms with Crippen molar-refractivity contribution in [1.29, 1.82) is 0 Å². The number of hydrogen-bond acceptors (Lipinski definition) is 14. The second kappa shape index (κ2) is 22.9. The topological polar surface area (TPSA) is 237 Å². The highest BCUT2D eigenvalue weighted by Gasteiger charge is 2.30. The Balaban J connectivity index is 0.000000192. The molecule has 3 amide bonds. The zero-order chi connectivity index (χ0) is 56.2. The van der Waals surface area contributed by atoms with Gasteiger partial charge in [-0.05, 0) is 108 Å².